The Morgan fingerprint density at radius 3 is 2.55 bits per heavy atom. The van der Waals surface area contributed by atoms with Gasteiger partial charge in [-0.15, -0.1) is 0 Å². The summed E-state index contributed by atoms with van der Waals surface area (Å²) in [4.78, 5) is 37.7. The Morgan fingerprint density at radius 2 is 1.88 bits per heavy atom. The van der Waals surface area contributed by atoms with Crippen LogP contribution in [-0.2, 0) is 6.61 Å². The molecular formula is C21H16BrCl2N3O6. The molecule has 0 atom stereocenters. The smallest absolute Gasteiger partial charge is 0.357 e. The highest BCUT2D eigenvalue weighted by atomic mass is 79.9. The zero-order valence-electron chi connectivity index (χ0n) is 17.0. The van der Waals surface area contributed by atoms with E-state index < -0.39 is 21.9 Å². The predicted molar refractivity (Wildman–Crippen MR) is 129 cm³/mol. The summed E-state index contributed by atoms with van der Waals surface area (Å²) in [5.74, 6) is 0.834. The third-order valence-electron chi connectivity index (χ3n) is 4.29. The highest BCUT2D eigenvalue weighted by molar-refractivity contribution is 9.10. The lowest BCUT2D eigenvalue weighted by molar-refractivity contribution is -0.386. The van der Waals surface area contributed by atoms with E-state index in [1.807, 2.05) is 4.98 Å². The number of H-pyrrole nitrogens is 2. The normalized spacial score (nSPS) is 11.0. The zero-order chi connectivity index (χ0) is 24.1. The molecule has 0 aliphatic heterocycles. The van der Waals surface area contributed by atoms with E-state index in [-0.39, 0.29) is 12.3 Å². The molecule has 172 valence electrons. The summed E-state index contributed by atoms with van der Waals surface area (Å²) in [6.45, 7) is 2.31. The number of hydrogen-bond acceptors (Lipinski definition) is 6. The summed E-state index contributed by atoms with van der Waals surface area (Å²) in [6, 6.07) is 8.42. The van der Waals surface area contributed by atoms with E-state index in [4.69, 9.17) is 32.7 Å². The predicted octanol–water partition coefficient (Wildman–Crippen LogP) is 5.19. The van der Waals surface area contributed by atoms with Crippen molar-refractivity contribution in [3.8, 4) is 11.5 Å². The summed E-state index contributed by atoms with van der Waals surface area (Å²) in [5, 5.41) is 12.2. The van der Waals surface area contributed by atoms with Crippen LogP contribution in [0, 0.1) is 10.1 Å². The Balaban J connectivity index is 1.94. The number of nitrogens with zero attached hydrogens (tertiary/aromatic N) is 1. The molecule has 0 saturated heterocycles. The van der Waals surface area contributed by atoms with Gasteiger partial charge in [0.05, 0.1) is 16.0 Å². The molecular weight excluding hydrogens is 541 g/mol. The van der Waals surface area contributed by atoms with E-state index >= 15 is 0 Å². The first-order valence-electron chi connectivity index (χ1n) is 9.41. The van der Waals surface area contributed by atoms with Crippen molar-refractivity contribution >= 4 is 57.0 Å². The Morgan fingerprint density at radius 1 is 1.12 bits per heavy atom. The molecule has 0 aliphatic rings. The maximum atomic E-state index is 11.8. The number of nitro groups is 1. The molecule has 0 spiro atoms. The third kappa shape index (κ3) is 6.04. The van der Waals surface area contributed by atoms with Crippen LogP contribution in [0.2, 0.25) is 10.0 Å². The highest BCUT2D eigenvalue weighted by Crippen LogP contribution is 2.38. The number of aromatic nitrogens is 2. The minimum atomic E-state index is -1.09. The van der Waals surface area contributed by atoms with Gasteiger partial charge in [0.25, 0.3) is 0 Å². The number of ether oxygens (including phenoxy) is 2. The average molecular weight is 557 g/mol. The fourth-order valence-electron chi connectivity index (χ4n) is 2.85. The quantitative estimate of drug-likeness (QED) is 0.290. The zero-order valence-corrected chi connectivity index (χ0v) is 20.1. The number of benzene rings is 2. The van der Waals surface area contributed by atoms with E-state index in [0.29, 0.717) is 38.2 Å². The lowest BCUT2D eigenvalue weighted by atomic mass is 10.1. The lowest BCUT2D eigenvalue weighted by Gasteiger charge is -2.15. The number of nitrogens with one attached hydrogen (secondary N) is 2. The molecule has 33 heavy (non-hydrogen) atoms. The molecule has 2 N–H and O–H groups in total. The third-order valence-corrected chi connectivity index (χ3v) is 5.47. The van der Waals surface area contributed by atoms with Crippen LogP contribution in [0.3, 0.4) is 0 Å². The Kier molecular flexibility index (Phi) is 7.96. The summed E-state index contributed by atoms with van der Waals surface area (Å²) < 4.78 is 12.2. The van der Waals surface area contributed by atoms with Gasteiger partial charge in [0.1, 0.15) is 12.3 Å². The van der Waals surface area contributed by atoms with E-state index in [9.17, 15) is 19.7 Å². The van der Waals surface area contributed by atoms with Crippen LogP contribution in [0.5, 0.6) is 11.5 Å². The SMILES string of the molecule is CCOc1cc(/C=C/c2[nH]c(=O)[nH]c(=O)c2[N+](=O)[O-])cc(Br)c1OCc1ccc(Cl)cc1Cl. The van der Waals surface area contributed by atoms with Gasteiger partial charge in [-0.05, 0) is 58.8 Å². The second-order valence-corrected chi connectivity index (χ2v) is 8.25. The lowest BCUT2D eigenvalue weighted by Crippen LogP contribution is -2.25. The van der Waals surface area contributed by atoms with Crippen LogP contribution >= 0.6 is 39.1 Å². The van der Waals surface area contributed by atoms with Gasteiger partial charge in [-0.1, -0.05) is 35.3 Å². The number of rotatable bonds is 8. The van der Waals surface area contributed by atoms with E-state index in [1.54, 1.807) is 37.3 Å². The van der Waals surface area contributed by atoms with Crippen molar-refractivity contribution in [2.24, 2.45) is 0 Å². The van der Waals surface area contributed by atoms with Crippen LogP contribution < -0.4 is 20.7 Å². The van der Waals surface area contributed by atoms with E-state index in [1.165, 1.54) is 12.2 Å². The Hall–Kier alpha value is -3.08. The fourth-order valence-corrected chi connectivity index (χ4v) is 3.89. The maximum absolute atomic E-state index is 11.8. The van der Waals surface area contributed by atoms with Crippen molar-refractivity contribution in [1.82, 2.24) is 9.97 Å². The topological polar surface area (TPSA) is 127 Å². The Labute approximate surface area is 205 Å². The molecule has 0 saturated carbocycles. The molecule has 0 fully saturated rings. The molecule has 3 aromatic rings. The van der Waals surface area contributed by atoms with Crippen molar-refractivity contribution in [2.45, 2.75) is 13.5 Å². The molecule has 0 unspecified atom stereocenters. The molecule has 9 nitrogen and oxygen atoms in total. The summed E-state index contributed by atoms with van der Waals surface area (Å²) in [7, 11) is 0. The van der Waals surface area contributed by atoms with E-state index in [0.717, 1.165) is 5.56 Å². The van der Waals surface area contributed by atoms with Gasteiger partial charge < -0.3 is 14.5 Å². The average Bonchev–Trinajstić information content (AvgIpc) is 2.72. The number of hydrogen-bond donors (Lipinski definition) is 2. The van der Waals surface area contributed by atoms with Crippen LogP contribution in [-0.4, -0.2) is 21.5 Å². The first kappa shape index (κ1) is 24.6. The first-order valence-corrected chi connectivity index (χ1v) is 11.0. The van der Waals surface area contributed by atoms with Crippen molar-refractivity contribution in [3.05, 3.63) is 92.6 Å². The summed E-state index contributed by atoms with van der Waals surface area (Å²) in [6.07, 6.45) is 2.76. The van der Waals surface area contributed by atoms with Crippen LogP contribution in [0.4, 0.5) is 5.69 Å². The number of halogens is 3. The molecule has 0 radical (unpaired) electrons. The van der Waals surface area contributed by atoms with Crippen molar-refractivity contribution in [2.75, 3.05) is 6.61 Å². The molecule has 0 aliphatic carbocycles. The van der Waals surface area contributed by atoms with Gasteiger partial charge in [0.15, 0.2) is 11.5 Å². The van der Waals surface area contributed by atoms with Gasteiger partial charge in [0.2, 0.25) is 0 Å². The minimum Gasteiger partial charge on any atom is -0.490 e. The van der Waals surface area contributed by atoms with Crippen molar-refractivity contribution in [1.29, 1.82) is 0 Å². The fraction of sp³-hybridized carbons (Fsp3) is 0.143. The first-order chi connectivity index (χ1) is 15.7. The number of aromatic amines is 2. The molecule has 1 aromatic heterocycles. The van der Waals surface area contributed by atoms with Gasteiger partial charge in [-0.25, -0.2) is 4.79 Å². The molecule has 2 aromatic carbocycles. The second-order valence-electron chi connectivity index (χ2n) is 6.55. The second kappa shape index (κ2) is 10.7. The van der Waals surface area contributed by atoms with Crippen molar-refractivity contribution < 1.29 is 14.4 Å². The monoisotopic (exact) mass is 555 g/mol. The largest absolute Gasteiger partial charge is 0.490 e. The van der Waals surface area contributed by atoms with Crippen LogP contribution in [0.1, 0.15) is 23.7 Å². The molecule has 3 rings (SSSR count). The molecule has 0 amide bonds. The van der Waals surface area contributed by atoms with Gasteiger partial charge in [0, 0.05) is 15.6 Å². The molecule has 12 heteroatoms. The summed E-state index contributed by atoms with van der Waals surface area (Å²) in [5.41, 5.74) is -1.66. The summed E-state index contributed by atoms with van der Waals surface area (Å²) >= 11 is 15.6. The van der Waals surface area contributed by atoms with Gasteiger partial charge >= 0.3 is 16.9 Å². The van der Waals surface area contributed by atoms with Crippen LogP contribution in [0.15, 0.2) is 44.4 Å². The minimum absolute atomic E-state index is 0.157. The Bertz CT molecular complexity index is 1350. The van der Waals surface area contributed by atoms with Crippen molar-refractivity contribution in [3.63, 3.8) is 0 Å². The molecule has 1 heterocycles. The van der Waals surface area contributed by atoms with Gasteiger partial charge in [-0.2, -0.15) is 0 Å². The van der Waals surface area contributed by atoms with E-state index in [2.05, 4.69) is 20.9 Å². The van der Waals surface area contributed by atoms with Gasteiger partial charge in [-0.3, -0.25) is 19.9 Å². The molecule has 0 bridgehead atoms. The standard InChI is InChI=1S/C21H16BrCl2N3O6/c1-2-32-17-8-11(3-6-16-18(27(30)31)20(28)26-21(29)25-16)7-14(22)19(17)33-10-12-4-5-13(23)9-15(12)24/h3-9H,2,10H2,1H3,(H2,25,26,28,29)/b6-3+. The van der Waals surface area contributed by atoms with Crippen LogP contribution in [0.25, 0.3) is 12.2 Å². The maximum Gasteiger partial charge on any atom is 0.357 e. The highest BCUT2D eigenvalue weighted by Gasteiger charge is 2.19.